The number of nitro groups is 1. The summed E-state index contributed by atoms with van der Waals surface area (Å²) in [7, 11) is 1.49. The van der Waals surface area contributed by atoms with E-state index >= 15 is 0 Å². The molecule has 3 N–H and O–H groups in total. The number of aromatic nitrogens is 2. The van der Waals surface area contributed by atoms with Crippen LogP contribution >= 0.6 is 0 Å². The van der Waals surface area contributed by atoms with E-state index in [0.29, 0.717) is 6.54 Å². The van der Waals surface area contributed by atoms with Crippen molar-refractivity contribution in [2.75, 3.05) is 24.2 Å². The van der Waals surface area contributed by atoms with E-state index in [-0.39, 0.29) is 29.1 Å². The number of aryl methyl sites for hydroxylation is 1. The first-order chi connectivity index (χ1) is 9.40. The van der Waals surface area contributed by atoms with Crippen molar-refractivity contribution < 1.29 is 9.72 Å². The van der Waals surface area contributed by atoms with Crippen LogP contribution in [0.1, 0.15) is 19.5 Å². The number of anilines is 2. The highest BCUT2D eigenvalue weighted by molar-refractivity contribution is 5.84. The van der Waals surface area contributed by atoms with Crippen LogP contribution in [-0.2, 0) is 4.79 Å². The second-order valence-corrected chi connectivity index (χ2v) is 4.10. The van der Waals surface area contributed by atoms with Gasteiger partial charge in [-0.15, -0.1) is 0 Å². The zero-order valence-electron chi connectivity index (χ0n) is 11.9. The SMILES string of the molecule is CCNc1nc(C)c([N+](=O)[O-])c(NC(C)C(=O)NC)n1. The van der Waals surface area contributed by atoms with Crippen LogP contribution in [0.2, 0.25) is 0 Å². The number of carbonyl (C=O) groups is 1. The first-order valence-corrected chi connectivity index (χ1v) is 6.15. The summed E-state index contributed by atoms with van der Waals surface area (Å²) in [6.07, 6.45) is 0. The van der Waals surface area contributed by atoms with Gasteiger partial charge in [0.15, 0.2) is 0 Å². The average molecular weight is 282 g/mol. The Morgan fingerprint density at radius 3 is 2.60 bits per heavy atom. The molecule has 0 aliphatic carbocycles. The van der Waals surface area contributed by atoms with Gasteiger partial charge in [0.25, 0.3) is 0 Å². The first kappa shape index (κ1) is 15.6. The summed E-state index contributed by atoms with van der Waals surface area (Å²) in [6.45, 7) is 5.56. The molecule has 1 heterocycles. The fourth-order valence-corrected chi connectivity index (χ4v) is 1.61. The number of carbonyl (C=O) groups excluding carboxylic acids is 1. The number of nitrogens with one attached hydrogen (secondary N) is 3. The summed E-state index contributed by atoms with van der Waals surface area (Å²) in [5, 5.41) is 19.2. The highest BCUT2D eigenvalue weighted by Gasteiger charge is 2.24. The molecule has 0 saturated heterocycles. The van der Waals surface area contributed by atoms with Crippen LogP contribution in [0.5, 0.6) is 0 Å². The summed E-state index contributed by atoms with van der Waals surface area (Å²) < 4.78 is 0. The molecule has 0 fully saturated rings. The van der Waals surface area contributed by atoms with E-state index in [1.54, 1.807) is 6.92 Å². The van der Waals surface area contributed by atoms with Crippen molar-refractivity contribution in [3.05, 3.63) is 15.8 Å². The van der Waals surface area contributed by atoms with Gasteiger partial charge in [0.1, 0.15) is 11.7 Å². The minimum atomic E-state index is -0.650. The van der Waals surface area contributed by atoms with E-state index in [1.165, 1.54) is 14.0 Å². The quantitative estimate of drug-likeness (QED) is 0.517. The molecular formula is C11H18N6O3. The molecule has 0 saturated carbocycles. The van der Waals surface area contributed by atoms with Crippen LogP contribution < -0.4 is 16.0 Å². The molecule has 1 aromatic rings. The summed E-state index contributed by atoms with van der Waals surface area (Å²) in [5.74, 6) is 0.0114. The average Bonchev–Trinajstić information content (AvgIpc) is 2.37. The second kappa shape index (κ2) is 6.64. The largest absolute Gasteiger partial charge is 0.357 e. The molecule has 0 aromatic carbocycles. The Morgan fingerprint density at radius 2 is 2.10 bits per heavy atom. The number of likely N-dealkylation sites (N-methyl/N-ethyl adjacent to an activating group) is 1. The van der Waals surface area contributed by atoms with Crippen LogP contribution in [-0.4, -0.2) is 40.4 Å². The van der Waals surface area contributed by atoms with Gasteiger partial charge in [0.2, 0.25) is 17.7 Å². The van der Waals surface area contributed by atoms with Crippen LogP contribution in [0.15, 0.2) is 0 Å². The van der Waals surface area contributed by atoms with Crippen molar-refractivity contribution >= 4 is 23.4 Å². The summed E-state index contributed by atoms with van der Waals surface area (Å²) in [6, 6.07) is -0.650. The molecule has 9 heteroatoms. The Bertz CT molecular complexity index is 519. The molecule has 0 aliphatic heterocycles. The molecule has 0 bridgehead atoms. The van der Waals surface area contributed by atoms with Gasteiger partial charge in [-0.25, -0.2) is 4.98 Å². The third-order valence-corrected chi connectivity index (χ3v) is 2.57. The van der Waals surface area contributed by atoms with Crippen molar-refractivity contribution in [3.63, 3.8) is 0 Å². The Labute approximate surface area is 116 Å². The first-order valence-electron chi connectivity index (χ1n) is 6.15. The van der Waals surface area contributed by atoms with Crippen molar-refractivity contribution in [3.8, 4) is 0 Å². The maximum absolute atomic E-state index is 11.5. The van der Waals surface area contributed by atoms with Crippen LogP contribution in [0, 0.1) is 17.0 Å². The molecule has 0 aliphatic rings. The molecule has 1 amide bonds. The minimum absolute atomic E-state index is 0.0227. The lowest BCUT2D eigenvalue weighted by molar-refractivity contribution is -0.385. The van der Waals surface area contributed by atoms with Gasteiger partial charge in [-0.05, 0) is 20.8 Å². The molecule has 1 rings (SSSR count). The van der Waals surface area contributed by atoms with E-state index in [2.05, 4.69) is 25.9 Å². The predicted molar refractivity (Wildman–Crippen MR) is 74.7 cm³/mol. The van der Waals surface area contributed by atoms with Crippen molar-refractivity contribution in [1.82, 2.24) is 15.3 Å². The molecular weight excluding hydrogens is 264 g/mol. The van der Waals surface area contributed by atoms with Crippen molar-refractivity contribution in [2.24, 2.45) is 0 Å². The Kier molecular flexibility index (Phi) is 5.18. The van der Waals surface area contributed by atoms with E-state index in [1.807, 2.05) is 6.92 Å². The molecule has 0 radical (unpaired) electrons. The summed E-state index contributed by atoms with van der Waals surface area (Å²) in [4.78, 5) is 30.1. The summed E-state index contributed by atoms with van der Waals surface area (Å²) in [5.41, 5.74) is -0.00466. The van der Waals surface area contributed by atoms with E-state index in [0.717, 1.165) is 0 Å². The molecule has 20 heavy (non-hydrogen) atoms. The number of hydrogen-bond acceptors (Lipinski definition) is 7. The van der Waals surface area contributed by atoms with Gasteiger partial charge < -0.3 is 16.0 Å². The molecule has 0 spiro atoms. The number of hydrogen-bond donors (Lipinski definition) is 3. The molecule has 1 unspecified atom stereocenters. The molecule has 110 valence electrons. The lowest BCUT2D eigenvalue weighted by Crippen LogP contribution is -2.35. The van der Waals surface area contributed by atoms with Gasteiger partial charge >= 0.3 is 5.69 Å². The van der Waals surface area contributed by atoms with Gasteiger partial charge in [-0.1, -0.05) is 0 Å². The van der Waals surface area contributed by atoms with Gasteiger partial charge in [-0.3, -0.25) is 14.9 Å². The zero-order chi connectivity index (χ0) is 15.3. The maximum Gasteiger partial charge on any atom is 0.332 e. The standard InChI is InChI=1S/C11H18N6O3/c1-5-13-11-15-6(2)8(17(19)20)9(16-11)14-7(3)10(18)12-4/h7H,5H2,1-4H3,(H,12,18)(H2,13,14,15,16). The normalized spacial score (nSPS) is 11.6. The van der Waals surface area contributed by atoms with Crippen LogP contribution in [0.3, 0.4) is 0 Å². The third-order valence-electron chi connectivity index (χ3n) is 2.57. The van der Waals surface area contributed by atoms with Crippen LogP contribution in [0.25, 0.3) is 0 Å². The number of rotatable bonds is 6. The van der Waals surface area contributed by atoms with Crippen molar-refractivity contribution in [1.29, 1.82) is 0 Å². The smallest absolute Gasteiger partial charge is 0.332 e. The Morgan fingerprint density at radius 1 is 1.45 bits per heavy atom. The van der Waals surface area contributed by atoms with E-state index in [4.69, 9.17) is 0 Å². The fraction of sp³-hybridized carbons (Fsp3) is 0.545. The highest BCUT2D eigenvalue weighted by atomic mass is 16.6. The Balaban J connectivity index is 3.19. The van der Waals surface area contributed by atoms with Gasteiger partial charge in [-0.2, -0.15) is 4.98 Å². The van der Waals surface area contributed by atoms with Gasteiger partial charge in [0, 0.05) is 13.6 Å². The second-order valence-electron chi connectivity index (χ2n) is 4.10. The summed E-state index contributed by atoms with van der Waals surface area (Å²) >= 11 is 0. The minimum Gasteiger partial charge on any atom is -0.357 e. The predicted octanol–water partition coefficient (Wildman–Crippen LogP) is 0.671. The third kappa shape index (κ3) is 3.53. The lowest BCUT2D eigenvalue weighted by Gasteiger charge is -2.14. The topological polar surface area (TPSA) is 122 Å². The van der Waals surface area contributed by atoms with Crippen LogP contribution in [0.4, 0.5) is 17.5 Å². The maximum atomic E-state index is 11.5. The molecule has 1 atom stereocenters. The zero-order valence-corrected chi connectivity index (χ0v) is 11.9. The Hall–Kier alpha value is -2.45. The molecule has 9 nitrogen and oxygen atoms in total. The van der Waals surface area contributed by atoms with E-state index < -0.39 is 11.0 Å². The number of amides is 1. The monoisotopic (exact) mass is 282 g/mol. The fourth-order valence-electron chi connectivity index (χ4n) is 1.61. The molecule has 1 aromatic heterocycles. The lowest BCUT2D eigenvalue weighted by atomic mass is 10.3. The van der Waals surface area contributed by atoms with Crippen molar-refractivity contribution in [2.45, 2.75) is 26.8 Å². The van der Waals surface area contributed by atoms with E-state index in [9.17, 15) is 14.9 Å². The number of nitrogens with zero attached hydrogens (tertiary/aromatic N) is 3. The highest BCUT2D eigenvalue weighted by Crippen LogP contribution is 2.26. The van der Waals surface area contributed by atoms with Gasteiger partial charge in [0.05, 0.1) is 4.92 Å².